The van der Waals surface area contributed by atoms with Crippen LogP contribution in [0.25, 0.3) is 11.2 Å². The van der Waals surface area contributed by atoms with Crippen LogP contribution in [-0.2, 0) is 22.7 Å². The van der Waals surface area contributed by atoms with Gasteiger partial charge in [0.25, 0.3) is 7.82 Å². The van der Waals surface area contributed by atoms with Crippen LogP contribution in [-0.4, -0.2) is 43.4 Å². The number of nitrogens with one attached hydrogen (secondary N) is 1. The number of hydrogen-bond donors (Lipinski definition) is 3. The largest absolute Gasteiger partial charge is 0.790 e. The Balaban J connectivity index is 1.75. The summed E-state index contributed by atoms with van der Waals surface area (Å²) in [5.41, 5.74) is 5.23. The maximum Gasteiger partial charge on any atom is 0.329 e. The minimum atomic E-state index is -5.83. The molecule has 0 bridgehead atoms. The zero-order valence-electron chi connectivity index (χ0n) is 13.2. The number of aliphatic hydroxyl groups excluding tert-OH is 1. The third kappa shape index (κ3) is 4.43. The van der Waals surface area contributed by atoms with Gasteiger partial charge in [0.2, 0.25) is 0 Å². The van der Waals surface area contributed by atoms with E-state index in [1.54, 1.807) is 0 Å². The van der Waals surface area contributed by atoms with Crippen molar-refractivity contribution in [2.75, 3.05) is 12.3 Å². The zero-order chi connectivity index (χ0) is 20.0. The van der Waals surface area contributed by atoms with Gasteiger partial charge in [0.1, 0.15) is 24.2 Å². The Morgan fingerprint density at radius 2 is 2.11 bits per heavy atom. The van der Waals surface area contributed by atoms with E-state index in [-0.39, 0.29) is 23.4 Å². The third-order valence-electron chi connectivity index (χ3n) is 3.62. The number of nitrogens with zero attached hydrogens (tertiary/aromatic N) is 3. The molecule has 0 radical (unpaired) electrons. The summed E-state index contributed by atoms with van der Waals surface area (Å²) in [6, 6.07) is 0. The summed E-state index contributed by atoms with van der Waals surface area (Å²) in [4.78, 5) is 54.2. The zero-order valence-corrected chi connectivity index (χ0v) is 14.9. The highest BCUT2D eigenvalue weighted by Crippen LogP contribution is 2.50. The molecule has 3 heterocycles. The first-order valence-electron chi connectivity index (χ1n) is 7.20. The molecule has 2 aromatic rings. The lowest BCUT2D eigenvalue weighted by atomic mass is 10.2. The topological polar surface area (TPSA) is 241 Å². The summed E-state index contributed by atoms with van der Waals surface area (Å²) in [5.74, 6) is 0.0124. The molecule has 4 atom stereocenters. The summed E-state index contributed by atoms with van der Waals surface area (Å²) < 4.78 is 35.6. The van der Waals surface area contributed by atoms with Gasteiger partial charge in [0.15, 0.2) is 11.5 Å². The maximum absolute atomic E-state index is 12.1. The van der Waals surface area contributed by atoms with Crippen LogP contribution in [0.3, 0.4) is 0 Å². The number of rotatable bonds is 6. The first-order valence-corrected chi connectivity index (χ1v) is 10.1. The minimum Gasteiger partial charge on any atom is -0.790 e. The number of ether oxygens (including phenoxy) is 1. The number of anilines is 1. The van der Waals surface area contributed by atoms with E-state index in [1.165, 1.54) is 0 Å². The fourth-order valence-electron chi connectivity index (χ4n) is 2.56. The molecule has 0 amide bonds. The van der Waals surface area contributed by atoms with Gasteiger partial charge in [-0.2, -0.15) is 0 Å². The number of hydrogen-bond acceptors (Lipinski definition) is 13. The standard InChI is InChI=1S/C10H15N5O10P2/c11-8-7-9(13-3-12-8)15(10(17)14-7)6-1-4(16)5(24-6)2-23-27(21,22)25-26(18,19)20/h3-6,16H,1-2H2,(H,14,17)(H,21,22)(H2,11,12,13)(H2,18,19,20)/p-3/t4-,5+,6+/m0/s1. The molecule has 0 aromatic carbocycles. The van der Waals surface area contributed by atoms with E-state index in [2.05, 4.69) is 23.8 Å². The Morgan fingerprint density at radius 3 is 2.78 bits per heavy atom. The average molecular weight is 424 g/mol. The second kappa shape index (κ2) is 7.05. The predicted octanol–water partition coefficient (Wildman–Crippen LogP) is -3.32. The van der Waals surface area contributed by atoms with Crippen LogP contribution in [0.5, 0.6) is 0 Å². The Hall–Kier alpha value is -1.67. The normalized spacial score (nSPS) is 25.7. The molecule has 27 heavy (non-hydrogen) atoms. The average Bonchev–Trinajstić information content (AvgIpc) is 3.03. The fourth-order valence-corrected chi connectivity index (χ4v) is 4.05. The van der Waals surface area contributed by atoms with Crippen molar-refractivity contribution in [3.05, 3.63) is 16.8 Å². The molecule has 1 fully saturated rings. The maximum atomic E-state index is 12.1. The van der Waals surface area contributed by atoms with Gasteiger partial charge in [-0.15, -0.1) is 0 Å². The molecule has 4 N–H and O–H groups in total. The van der Waals surface area contributed by atoms with E-state index in [9.17, 15) is 33.7 Å². The van der Waals surface area contributed by atoms with Crippen LogP contribution in [0.15, 0.2) is 11.1 Å². The third-order valence-corrected chi connectivity index (χ3v) is 5.69. The number of nitrogens with two attached hydrogens (primary N) is 1. The Labute approximate surface area is 149 Å². The van der Waals surface area contributed by atoms with Crippen molar-refractivity contribution in [3.8, 4) is 0 Å². The van der Waals surface area contributed by atoms with Gasteiger partial charge < -0.3 is 44.3 Å². The molecular weight excluding hydrogens is 412 g/mol. The van der Waals surface area contributed by atoms with E-state index in [0.717, 1.165) is 10.9 Å². The fraction of sp³-hybridized carbons (Fsp3) is 0.500. The molecule has 3 rings (SSSR count). The van der Waals surface area contributed by atoms with Gasteiger partial charge in [-0.1, -0.05) is 0 Å². The van der Waals surface area contributed by atoms with Crippen LogP contribution in [0, 0.1) is 0 Å². The van der Waals surface area contributed by atoms with Crippen molar-refractivity contribution < 1.29 is 42.5 Å². The van der Waals surface area contributed by atoms with Crippen LogP contribution < -0.4 is 26.1 Å². The number of fused-ring (bicyclic) bond motifs is 1. The van der Waals surface area contributed by atoms with Gasteiger partial charge in [0.05, 0.1) is 20.5 Å². The summed E-state index contributed by atoms with van der Waals surface area (Å²) in [7, 11) is -11.3. The van der Waals surface area contributed by atoms with E-state index in [1.807, 2.05) is 0 Å². The lowest BCUT2D eigenvalue weighted by molar-refractivity contribution is -0.339. The highest BCUT2D eigenvalue weighted by atomic mass is 31.3. The molecule has 1 aliphatic rings. The predicted molar refractivity (Wildman–Crippen MR) is 79.3 cm³/mol. The van der Waals surface area contributed by atoms with E-state index >= 15 is 0 Å². The highest BCUT2D eigenvalue weighted by molar-refractivity contribution is 7.58. The molecule has 1 aliphatic heterocycles. The number of aromatic amines is 1. The summed E-state index contributed by atoms with van der Waals surface area (Å²) in [6.07, 6.45) is -2.63. The second-order valence-electron chi connectivity index (χ2n) is 5.46. The molecule has 0 spiro atoms. The molecule has 0 aliphatic carbocycles. The molecule has 2 aromatic heterocycles. The molecule has 15 nitrogen and oxygen atoms in total. The van der Waals surface area contributed by atoms with Gasteiger partial charge in [-0.25, -0.2) is 19.3 Å². The Kier molecular flexibility index (Phi) is 5.24. The molecule has 1 saturated heterocycles. The van der Waals surface area contributed by atoms with Crippen molar-refractivity contribution >= 4 is 32.6 Å². The number of phosphoric ester groups is 1. The molecule has 150 valence electrons. The van der Waals surface area contributed by atoms with Crippen LogP contribution in [0.1, 0.15) is 12.6 Å². The first kappa shape index (κ1) is 20.1. The van der Waals surface area contributed by atoms with Gasteiger partial charge in [0, 0.05) is 6.42 Å². The smallest absolute Gasteiger partial charge is 0.329 e. The van der Waals surface area contributed by atoms with Crippen LogP contribution in [0.4, 0.5) is 5.82 Å². The summed E-state index contributed by atoms with van der Waals surface area (Å²) in [5, 5.41) is 10.0. The van der Waals surface area contributed by atoms with Gasteiger partial charge in [-0.3, -0.25) is 8.88 Å². The number of aromatic nitrogens is 4. The summed E-state index contributed by atoms with van der Waals surface area (Å²) >= 11 is 0. The number of aliphatic hydroxyl groups is 1. The highest BCUT2D eigenvalue weighted by Gasteiger charge is 2.37. The SMILES string of the molecule is Nc1ncnc2c1[nH]c(=O)n2[C@H]1C[C@H](O)[C@@H](COP(=O)([O-])OP(=O)([O-])[O-])O1. The van der Waals surface area contributed by atoms with E-state index in [0.29, 0.717) is 0 Å². The number of nitrogen functional groups attached to an aromatic ring is 1. The monoisotopic (exact) mass is 424 g/mol. The lowest BCUT2D eigenvalue weighted by Gasteiger charge is -2.35. The molecular formula is C10H12N5O10P2-3. The number of phosphoric acid groups is 2. The van der Waals surface area contributed by atoms with Crippen LogP contribution >= 0.6 is 15.6 Å². The quantitative estimate of drug-likeness (QED) is 0.385. The van der Waals surface area contributed by atoms with Crippen molar-refractivity contribution in [2.45, 2.75) is 24.9 Å². The number of H-pyrrole nitrogens is 1. The van der Waals surface area contributed by atoms with Gasteiger partial charge in [-0.05, 0) is 0 Å². The van der Waals surface area contributed by atoms with Gasteiger partial charge >= 0.3 is 5.69 Å². The van der Waals surface area contributed by atoms with E-state index in [4.69, 9.17) is 10.5 Å². The van der Waals surface area contributed by atoms with Crippen LogP contribution in [0.2, 0.25) is 0 Å². The Bertz CT molecular complexity index is 1000. The molecule has 17 heteroatoms. The van der Waals surface area contributed by atoms with Crippen molar-refractivity contribution in [1.29, 1.82) is 0 Å². The Morgan fingerprint density at radius 1 is 1.41 bits per heavy atom. The lowest BCUT2D eigenvalue weighted by Crippen LogP contribution is -2.28. The van der Waals surface area contributed by atoms with Crippen molar-refractivity contribution in [2.24, 2.45) is 0 Å². The second-order valence-corrected chi connectivity index (χ2v) is 8.16. The van der Waals surface area contributed by atoms with E-state index < -0.39 is 46.4 Å². The first-order chi connectivity index (χ1) is 12.5. The number of imidazole rings is 1. The molecule has 0 saturated carbocycles. The molecule has 1 unspecified atom stereocenters. The summed E-state index contributed by atoms with van der Waals surface area (Å²) in [6.45, 7) is -0.854. The van der Waals surface area contributed by atoms with Crippen molar-refractivity contribution in [1.82, 2.24) is 19.5 Å². The minimum absolute atomic E-state index is 0.0124. The van der Waals surface area contributed by atoms with Crippen molar-refractivity contribution in [3.63, 3.8) is 0 Å².